The van der Waals surface area contributed by atoms with Gasteiger partial charge in [-0.3, -0.25) is 0 Å². The van der Waals surface area contributed by atoms with Crippen LogP contribution in [0.1, 0.15) is 23.6 Å². The molecule has 0 radical (unpaired) electrons. The second kappa shape index (κ2) is 4.42. The molecule has 5 heteroatoms. The van der Waals surface area contributed by atoms with E-state index in [2.05, 4.69) is 10.2 Å². The van der Waals surface area contributed by atoms with E-state index in [1.165, 1.54) is 0 Å². The molecule has 0 saturated heterocycles. The fraction of sp³-hybridized carbons (Fsp3) is 0.385. The normalized spacial score (nSPS) is 18.6. The Labute approximate surface area is 105 Å². The van der Waals surface area contributed by atoms with Gasteiger partial charge in [0.1, 0.15) is 17.4 Å². The average molecular weight is 245 g/mol. The molecule has 0 bridgehead atoms. The first-order valence-corrected chi connectivity index (χ1v) is 6.10. The maximum absolute atomic E-state index is 9.76. The lowest BCUT2D eigenvalue weighted by atomic mass is 10.1. The number of phenols is 1. The molecule has 1 atom stereocenters. The number of aromatic hydroxyl groups is 1. The van der Waals surface area contributed by atoms with E-state index in [4.69, 9.17) is 0 Å². The summed E-state index contributed by atoms with van der Waals surface area (Å²) in [5.74, 6) is 1.96. The summed E-state index contributed by atoms with van der Waals surface area (Å²) in [5.41, 5.74) is 0.846. The highest BCUT2D eigenvalue weighted by Gasteiger charge is 2.21. The van der Waals surface area contributed by atoms with Crippen LogP contribution in [0, 0.1) is 0 Å². The van der Waals surface area contributed by atoms with Crippen molar-refractivity contribution in [3.8, 4) is 5.75 Å². The summed E-state index contributed by atoms with van der Waals surface area (Å²) in [6.45, 7) is 0.742. The van der Waals surface area contributed by atoms with Crippen molar-refractivity contribution in [2.75, 3.05) is 0 Å². The van der Waals surface area contributed by atoms with Gasteiger partial charge in [-0.15, -0.1) is 10.2 Å². The van der Waals surface area contributed by atoms with Crippen LogP contribution < -0.4 is 0 Å². The minimum absolute atomic E-state index is 0.283. The highest BCUT2D eigenvalue weighted by Crippen LogP contribution is 2.21. The van der Waals surface area contributed by atoms with E-state index in [1.54, 1.807) is 12.1 Å². The van der Waals surface area contributed by atoms with Gasteiger partial charge >= 0.3 is 0 Å². The minimum atomic E-state index is -0.306. The molecule has 1 aliphatic heterocycles. The van der Waals surface area contributed by atoms with Crippen molar-refractivity contribution in [1.29, 1.82) is 0 Å². The van der Waals surface area contributed by atoms with E-state index in [0.717, 1.165) is 30.2 Å². The lowest BCUT2D eigenvalue weighted by Crippen LogP contribution is -2.24. The first-order valence-electron chi connectivity index (χ1n) is 6.10. The second-order valence-electron chi connectivity index (χ2n) is 4.64. The van der Waals surface area contributed by atoms with Gasteiger partial charge in [0.2, 0.25) is 0 Å². The number of fused-ring (bicyclic) bond motifs is 1. The Morgan fingerprint density at radius 2 is 2.11 bits per heavy atom. The Morgan fingerprint density at radius 3 is 2.94 bits per heavy atom. The van der Waals surface area contributed by atoms with Crippen LogP contribution in [0.5, 0.6) is 5.75 Å². The summed E-state index contributed by atoms with van der Waals surface area (Å²) in [4.78, 5) is 0. The van der Waals surface area contributed by atoms with Crippen LogP contribution in [-0.2, 0) is 19.4 Å². The average Bonchev–Trinajstić information content (AvgIpc) is 2.74. The lowest BCUT2D eigenvalue weighted by molar-refractivity contribution is 0.141. The van der Waals surface area contributed by atoms with Crippen molar-refractivity contribution in [1.82, 2.24) is 14.8 Å². The van der Waals surface area contributed by atoms with E-state index < -0.39 is 0 Å². The van der Waals surface area contributed by atoms with E-state index in [9.17, 15) is 10.2 Å². The van der Waals surface area contributed by atoms with Crippen LogP contribution in [0.15, 0.2) is 24.3 Å². The van der Waals surface area contributed by atoms with Gasteiger partial charge in [0.05, 0.1) is 6.10 Å². The Kier molecular flexibility index (Phi) is 2.76. The number of hydrogen-bond donors (Lipinski definition) is 2. The minimum Gasteiger partial charge on any atom is -0.508 e. The molecule has 5 nitrogen and oxygen atoms in total. The monoisotopic (exact) mass is 245 g/mol. The maximum Gasteiger partial charge on any atom is 0.137 e. The summed E-state index contributed by atoms with van der Waals surface area (Å²) in [7, 11) is 0. The molecular weight excluding hydrogens is 230 g/mol. The quantitative estimate of drug-likeness (QED) is 0.824. The number of benzene rings is 1. The number of hydrogen-bond acceptors (Lipinski definition) is 4. The number of nitrogens with zero attached hydrogens (tertiary/aromatic N) is 3. The van der Waals surface area contributed by atoms with Crippen LogP contribution in [-0.4, -0.2) is 31.1 Å². The predicted octanol–water partition coefficient (Wildman–Crippen LogP) is 0.882. The summed E-state index contributed by atoms with van der Waals surface area (Å²) in [6.07, 6.45) is 1.56. The van der Waals surface area contributed by atoms with Gasteiger partial charge in [-0.05, 0) is 12.5 Å². The molecular formula is C13H15N3O2. The SMILES string of the molecule is Oc1ccccc1Cc1nnc2n1CCC(O)C2. The fourth-order valence-corrected chi connectivity index (χ4v) is 2.33. The molecule has 2 heterocycles. The molecule has 2 N–H and O–H groups in total. The largest absolute Gasteiger partial charge is 0.508 e. The first kappa shape index (κ1) is 11.2. The van der Waals surface area contributed by atoms with Crippen LogP contribution in [0.4, 0.5) is 0 Å². The fourth-order valence-electron chi connectivity index (χ4n) is 2.33. The summed E-state index contributed by atoms with van der Waals surface area (Å²) in [5, 5.41) is 27.6. The molecule has 94 valence electrons. The first-order chi connectivity index (χ1) is 8.74. The summed E-state index contributed by atoms with van der Waals surface area (Å²) >= 11 is 0. The van der Waals surface area contributed by atoms with Crippen LogP contribution in [0.25, 0.3) is 0 Å². The van der Waals surface area contributed by atoms with Gasteiger partial charge in [-0.25, -0.2) is 0 Å². The molecule has 1 unspecified atom stereocenters. The Bertz CT molecular complexity index is 565. The third kappa shape index (κ3) is 1.97. The van der Waals surface area contributed by atoms with Gasteiger partial charge in [-0.2, -0.15) is 0 Å². The molecule has 1 aromatic heterocycles. The molecule has 0 amide bonds. The van der Waals surface area contributed by atoms with Crippen LogP contribution >= 0.6 is 0 Å². The predicted molar refractivity (Wildman–Crippen MR) is 65.3 cm³/mol. The van der Waals surface area contributed by atoms with Crippen molar-refractivity contribution in [3.63, 3.8) is 0 Å². The zero-order valence-corrected chi connectivity index (χ0v) is 9.95. The van der Waals surface area contributed by atoms with Gasteiger partial charge in [0.15, 0.2) is 0 Å². The second-order valence-corrected chi connectivity index (χ2v) is 4.64. The number of aliphatic hydroxyl groups excluding tert-OH is 1. The van der Waals surface area contributed by atoms with Crippen molar-refractivity contribution in [3.05, 3.63) is 41.5 Å². The van der Waals surface area contributed by atoms with Crippen molar-refractivity contribution >= 4 is 0 Å². The molecule has 0 aliphatic carbocycles. The number of aliphatic hydroxyl groups is 1. The van der Waals surface area contributed by atoms with Gasteiger partial charge in [0.25, 0.3) is 0 Å². The van der Waals surface area contributed by atoms with Crippen molar-refractivity contribution in [2.24, 2.45) is 0 Å². The van der Waals surface area contributed by atoms with Gasteiger partial charge < -0.3 is 14.8 Å². The lowest BCUT2D eigenvalue weighted by Gasteiger charge is -2.19. The van der Waals surface area contributed by atoms with Gasteiger partial charge in [0, 0.05) is 24.9 Å². The molecule has 2 aromatic rings. The number of para-hydroxylation sites is 1. The molecule has 0 saturated carbocycles. The van der Waals surface area contributed by atoms with Crippen LogP contribution in [0.3, 0.4) is 0 Å². The standard InChI is InChI=1S/C13H15N3O2/c17-10-5-6-16-12(14-15-13(16)8-10)7-9-3-1-2-4-11(9)18/h1-4,10,17-18H,5-8H2. The van der Waals surface area contributed by atoms with Gasteiger partial charge in [-0.1, -0.05) is 18.2 Å². The van der Waals surface area contributed by atoms with E-state index in [1.807, 2.05) is 16.7 Å². The Balaban J connectivity index is 1.88. The molecule has 3 rings (SSSR count). The Hall–Kier alpha value is -1.88. The number of rotatable bonds is 2. The van der Waals surface area contributed by atoms with E-state index in [-0.39, 0.29) is 11.9 Å². The molecule has 0 fully saturated rings. The van der Waals surface area contributed by atoms with Crippen molar-refractivity contribution < 1.29 is 10.2 Å². The summed E-state index contributed by atoms with van der Waals surface area (Å²) in [6, 6.07) is 7.25. The molecule has 1 aromatic carbocycles. The number of aromatic nitrogens is 3. The zero-order chi connectivity index (χ0) is 12.5. The molecule has 1 aliphatic rings. The Morgan fingerprint density at radius 1 is 1.28 bits per heavy atom. The topological polar surface area (TPSA) is 71.2 Å². The van der Waals surface area contributed by atoms with Crippen LogP contribution in [0.2, 0.25) is 0 Å². The smallest absolute Gasteiger partial charge is 0.137 e. The summed E-state index contributed by atoms with van der Waals surface area (Å²) < 4.78 is 2.04. The third-order valence-electron chi connectivity index (χ3n) is 3.35. The zero-order valence-electron chi connectivity index (χ0n) is 9.95. The highest BCUT2D eigenvalue weighted by atomic mass is 16.3. The maximum atomic E-state index is 9.76. The highest BCUT2D eigenvalue weighted by molar-refractivity contribution is 5.34. The van der Waals surface area contributed by atoms with E-state index >= 15 is 0 Å². The third-order valence-corrected chi connectivity index (χ3v) is 3.35. The molecule has 18 heavy (non-hydrogen) atoms. The number of phenolic OH excluding ortho intramolecular Hbond substituents is 1. The van der Waals surface area contributed by atoms with E-state index in [0.29, 0.717) is 12.8 Å². The molecule has 0 spiro atoms. The van der Waals surface area contributed by atoms with Crippen molar-refractivity contribution in [2.45, 2.75) is 31.9 Å².